The summed E-state index contributed by atoms with van der Waals surface area (Å²) in [5, 5.41) is 26.7. The second-order valence-electron chi connectivity index (χ2n) is 7.40. The Balaban J connectivity index is 1.55. The highest BCUT2D eigenvalue weighted by molar-refractivity contribution is 5.96. The number of benzene rings is 1. The molecule has 0 spiro atoms. The van der Waals surface area contributed by atoms with E-state index < -0.39 is 23.5 Å². The van der Waals surface area contributed by atoms with Crippen molar-refractivity contribution < 1.29 is 19.8 Å². The van der Waals surface area contributed by atoms with Crippen molar-refractivity contribution in [2.24, 2.45) is 0 Å². The number of nitrogens with zero attached hydrogens (tertiary/aromatic N) is 3. The number of hydrogen-bond donors (Lipinski definition) is 7. The zero-order valence-electron chi connectivity index (χ0n) is 18.2. The van der Waals surface area contributed by atoms with Gasteiger partial charge in [-0.05, 0) is 43.7 Å². The van der Waals surface area contributed by atoms with Gasteiger partial charge >= 0.3 is 5.97 Å². The Morgan fingerprint density at radius 3 is 2.62 bits per heavy atom. The number of rotatable bonds is 12. The Labute approximate surface area is 193 Å². The van der Waals surface area contributed by atoms with Gasteiger partial charge in [0.05, 0.1) is 25.0 Å². The molecule has 180 valence electrons. The van der Waals surface area contributed by atoms with Crippen LogP contribution >= 0.6 is 0 Å². The molecule has 0 aliphatic carbocycles. The molecule has 0 bridgehead atoms. The summed E-state index contributed by atoms with van der Waals surface area (Å²) in [6, 6.07) is 5.48. The largest absolute Gasteiger partial charge is 0.480 e. The minimum Gasteiger partial charge on any atom is -0.480 e. The molecule has 0 aliphatic heterocycles. The molecule has 0 radical (unpaired) electrons. The Morgan fingerprint density at radius 1 is 1.15 bits per heavy atom. The van der Waals surface area contributed by atoms with Gasteiger partial charge in [0.25, 0.3) is 11.5 Å². The first kappa shape index (κ1) is 24.5. The van der Waals surface area contributed by atoms with Gasteiger partial charge in [0.2, 0.25) is 5.95 Å². The lowest BCUT2D eigenvalue weighted by molar-refractivity contribution is -0.139. The van der Waals surface area contributed by atoms with E-state index in [-0.39, 0.29) is 36.7 Å². The predicted molar refractivity (Wildman–Crippen MR) is 124 cm³/mol. The lowest BCUT2D eigenvalue weighted by Gasteiger charge is -2.15. The number of nitrogens with one attached hydrogen (secondary N) is 4. The summed E-state index contributed by atoms with van der Waals surface area (Å²) in [4.78, 5) is 50.5. The molecule has 0 fully saturated rings. The Hall–Kier alpha value is -4.10. The smallest absolute Gasteiger partial charge is 0.326 e. The van der Waals surface area contributed by atoms with Crippen LogP contribution in [0.25, 0.3) is 11.2 Å². The number of nitrogens with two attached hydrogens (primary N) is 1. The molecule has 34 heavy (non-hydrogen) atoms. The Kier molecular flexibility index (Phi) is 8.43. The number of nitrogen functional groups attached to an aromatic ring is 1. The van der Waals surface area contributed by atoms with Crippen LogP contribution in [-0.4, -0.2) is 67.8 Å². The van der Waals surface area contributed by atoms with Crippen LogP contribution in [0.5, 0.6) is 0 Å². The van der Waals surface area contributed by atoms with Gasteiger partial charge in [0.1, 0.15) is 6.04 Å². The summed E-state index contributed by atoms with van der Waals surface area (Å²) in [5.74, 6) is -1.64. The van der Waals surface area contributed by atoms with Gasteiger partial charge in [-0.15, -0.1) is 0 Å². The molecule has 3 rings (SSSR count). The van der Waals surface area contributed by atoms with Gasteiger partial charge in [-0.2, -0.15) is 4.98 Å². The number of anilines is 2. The number of carboxylic acid groups (broad SMARTS) is 1. The third-order valence-corrected chi connectivity index (χ3v) is 4.85. The molecule has 1 atom stereocenters. The Morgan fingerprint density at radius 2 is 1.91 bits per heavy atom. The zero-order valence-corrected chi connectivity index (χ0v) is 18.2. The molecule has 13 heteroatoms. The number of aromatic amines is 1. The lowest BCUT2D eigenvalue weighted by Crippen LogP contribution is -2.41. The average Bonchev–Trinajstić information content (AvgIpc) is 2.82. The maximum absolute atomic E-state index is 12.5. The van der Waals surface area contributed by atoms with Crippen LogP contribution in [0.15, 0.2) is 35.3 Å². The molecule has 2 aromatic heterocycles. The monoisotopic (exact) mass is 470 g/mol. The van der Waals surface area contributed by atoms with Crippen molar-refractivity contribution in [2.45, 2.75) is 25.4 Å². The predicted octanol–water partition coefficient (Wildman–Crippen LogP) is -0.547. The number of aromatic nitrogens is 4. The topological polar surface area (TPSA) is 208 Å². The van der Waals surface area contributed by atoms with Crippen molar-refractivity contribution in [3.8, 4) is 0 Å². The molecule has 2 heterocycles. The highest BCUT2D eigenvalue weighted by atomic mass is 16.4. The molecule has 8 N–H and O–H groups in total. The van der Waals surface area contributed by atoms with Gasteiger partial charge in [0.15, 0.2) is 11.2 Å². The fourth-order valence-corrected chi connectivity index (χ4v) is 3.12. The number of H-pyrrole nitrogens is 1. The van der Waals surface area contributed by atoms with Gasteiger partial charge < -0.3 is 31.9 Å². The third kappa shape index (κ3) is 6.70. The first-order valence-electron chi connectivity index (χ1n) is 10.6. The first-order valence-corrected chi connectivity index (χ1v) is 10.6. The fraction of sp³-hybridized carbons (Fsp3) is 0.333. The van der Waals surface area contributed by atoms with Crippen molar-refractivity contribution in [1.29, 1.82) is 0 Å². The maximum atomic E-state index is 12.5. The van der Waals surface area contributed by atoms with E-state index in [4.69, 9.17) is 10.8 Å². The highest BCUT2D eigenvalue weighted by Gasteiger charge is 2.20. The second kappa shape index (κ2) is 11.7. The van der Waals surface area contributed by atoms with Gasteiger partial charge in [0, 0.05) is 17.8 Å². The molecule has 1 unspecified atom stereocenters. The number of amides is 1. The summed E-state index contributed by atoms with van der Waals surface area (Å²) in [6.45, 7) is 1.25. The van der Waals surface area contributed by atoms with Crippen molar-refractivity contribution in [2.75, 3.05) is 30.7 Å². The molecule has 0 aliphatic rings. The normalized spacial score (nSPS) is 11.8. The van der Waals surface area contributed by atoms with E-state index in [0.29, 0.717) is 36.5 Å². The van der Waals surface area contributed by atoms with Crippen LogP contribution in [0.2, 0.25) is 0 Å². The SMILES string of the molecule is Nc1nc2ncc(CNc3ccc(C(=O)NC(CCCNCCO)C(=O)O)cc3)nc2c(=O)[nH]1. The van der Waals surface area contributed by atoms with Crippen molar-refractivity contribution in [3.63, 3.8) is 0 Å². The number of carboxylic acids is 1. The third-order valence-electron chi connectivity index (χ3n) is 4.85. The number of fused-ring (bicyclic) bond motifs is 1. The van der Waals surface area contributed by atoms with E-state index in [1.54, 1.807) is 24.3 Å². The maximum Gasteiger partial charge on any atom is 0.326 e. The summed E-state index contributed by atoms with van der Waals surface area (Å²) >= 11 is 0. The van der Waals surface area contributed by atoms with Gasteiger partial charge in [-0.1, -0.05) is 0 Å². The fourth-order valence-electron chi connectivity index (χ4n) is 3.12. The molecule has 3 aromatic rings. The number of carbonyl (C=O) groups excluding carboxylic acids is 1. The second-order valence-corrected chi connectivity index (χ2v) is 7.40. The molecular formula is C21H26N8O5. The lowest BCUT2D eigenvalue weighted by atomic mass is 10.1. The summed E-state index contributed by atoms with van der Waals surface area (Å²) in [7, 11) is 0. The van der Waals surface area contributed by atoms with Crippen molar-refractivity contribution in [3.05, 3.63) is 52.1 Å². The molecular weight excluding hydrogens is 444 g/mol. The van der Waals surface area contributed by atoms with E-state index in [0.717, 1.165) is 0 Å². The Bertz CT molecular complexity index is 1200. The quantitative estimate of drug-likeness (QED) is 0.167. The molecule has 1 amide bonds. The van der Waals surface area contributed by atoms with Gasteiger partial charge in [-0.25, -0.2) is 14.8 Å². The van der Waals surface area contributed by atoms with Crippen LogP contribution in [0.1, 0.15) is 28.9 Å². The van der Waals surface area contributed by atoms with E-state index in [1.807, 2.05) is 0 Å². The highest BCUT2D eigenvalue weighted by Crippen LogP contribution is 2.12. The molecule has 0 saturated heterocycles. The van der Waals surface area contributed by atoms with Crippen LogP contribution in [-0.2, 0) is 11.3 Å². The molecule has 13 nitrogen and oxygen atoms in total. The molecule has 1 aromatic carbocycles. The number of aliphatic hydroxyl groups excluding tert-OH is 1. The van der Waals surface area contributed by atoms with E-state index >= 15 is 0 Å². The van der Waals surface area contributed by atoms with Crippen LogP contribution in [0.3, 0.4) is 0 Å². The van der Waals surface area contributed by atoms with Crippen molar-refractivity contribution >= 4 is 34.7 Å². The number of hydrogen-bond acceptors (Lipinski definition) is 10. The van der Waals surface area contributed by atoms with Crippen LogP contribution < -0.4 is 27.2 Å². The number of carbonyl (C=O) groups is 2. The summed E-state index contributed by atoms with van der Waals surface area (Å²) in [5.41, 5.74) is 6.76. The van der Waals surface area contributed by atoms with Crippen LogP contribution in [0.4, 0.5) is 11.6 Å². The van der Waals surface area contributed by atoms with E-state index in [2.05, 4.69) is 35.9 Å². The van der Waals surface area contributed by atoms with Crippen molar-refractivity contribution in [1.82, 2.24) is 30.6 Å². The average molecular weight is 470 g/mol. The summed E-state index contributed by atoms with van der Waals surface area (Å²) < 4.78 is 0. The number of aliphatic hydroxyl groups is 1. The molecule has 0 saturated carbocycles. The summed E-state index contributed by atoms with van der Waals surface area (Å²) in [6.07, 6.45) is 2.28. The zero-order chi connectivity index (χ0) is 24.5. The number of aliphatic carboxylic acids is 1. The van der Waals surface area contributed by atoms with Crippen LogP contribution in [0, 0.1) is 0 Å². The van der Waals surface area contributed by atoms with E-state index in [9.17, 15) is 19.5 Å². The minimum atomic E-state index is -1.11. The minimum absolute atomic E-state index is 0.00640. The standard InChI is InChI=1S/C21H26N8O5/c22-21-28-17-16(19(32)29-21)26-14(11-25-17)10-24-13-5-3-12(4-6-13)18(31)27-15(20(33)34)2-1-7-23-8-9-30/h3-6,11,15,23-24,30H,1-2,7-10H2,(H,27,31)(H,33,34)(H3,22,25,28,29,32). The first-order chi connectivity index (χ1) is 16.4. The van der Waals surface area contributed by atoms with E-state index in [1.165, 1.54) is 6.20 Å². The van der Waals surface area contributed by atoms with Gasteiger partial charge in [-0.3, -0.25) is 14.6 Å².